The van der Waals surface area contributed by atoms with Crippen molar-refractivity contribution >= 4 is 11.9 Å². The third kappa shape index (κ3) is 2.25. The van der Waals surface area contributed by atoms with Crippen molar-refractivity contribution in [1.82, 2.24) is 15.0 Å². The predicted molar refractivity (Wildman–Crippen MR) is 60.6 cm³/mol. The second-order valence-electron chi connectivity index (χ2n) is 4.89. The van der Waals surface area contributed by atoms with Gasteiger partial charge in [-0.1, -0.05) is 5.16 Å². The van der Waals surface area contributed by atoms with Gasteiger partial charge in [0, 0.05) is 32.0 Å². The zero-order chi connectivity index (χ0) is 11.8. The summed E-state index contributed by atoms with van der Waals surface area (Å²) in [5.41, 5.74) is 0. The Labute approximate surface area is 99.4 Å². The maximum Gasteiger partial charge on any atom is 0.321 e. The van der Waals surface area contributed by atoms with Crippen molar-refractivity contribution < 1.29 is 9.32 Å². The van der Waals surface area contributed by atoms with E-state index in [9.17, 15) is 4.79 Å². The first kappa shape index (κ1) is 10.6. The van der Waals surface area contributed by atoms with Gasteiger partial charge in [0.15, 0.2) is 5.82 Å². The molecule has 1 aliphatic heterocycles. The van der Waals surface area contributed by atoms with Crippen molar-refractivity contribution in [3.8, 4) is 0 Å². The Morgan fingerprint density at radius 1 is 1.41 bits per heavy atom. The van der Waals surface area contributed by atoms with Crippen LogP contribution in [0.1, 0.15) is 37.4 Å². The van der Waals surface area contributed by atoms with E-state index in [1.807, 2.05) is 7.05 Å². The topological polar surface area (TPSA) is 71.3 Å². The van der Waals surface area contributed by atoms with Crippen molar-refractivity contribution in [3.05, 3.63) is 5.82 Å². The molecule has 1 aromatic rings. The summed E-state index contributed by atoms with van der Waals surface area (Å²) in [7, 11) is 1.82. The zero-order valence-electron chi connectivity index (χ0n) is 9.85. The number of likely N-dealkylation sites (N-methyl/N-ethyl adjacent to an activating group) is 1. The van der Waals surface area contributed by atoms with Crippen LogP contribution in [-0.2, 0) is 4.79 Å². The predicted octanol–water partition coefficient (Wildman–Crippen LogP) is 0.980. The van der Waals surface area contributed by atoms with Gasteiger partial charge in [-0.3, -0.25) is 4.79 Å². The van der Waals surface area contributed by atoms with E-state index in [2.05, 4.69) is 15.5 Å². The minimum Gasteiger partial charge on any atom is -0.344 e. The lowest BCUT2D eigenvalue weighted by atomic mass is 10.1. The quantitative estimate of drug-likeness (QED) is 0.847. The highest BCUT2D eigenvalue weighted by Gasteiger charge is 2.29. The number of carbonyl (C=O) groups is 1. The van der Waals surface area contributed by atoms with Gasteiger partial charge in [0.1, 0.15) is 0 Å². The first-order valence-corrected chi connectivity index (χ1v) is 6.06. The van der Waals surface area contributed by atoms with Gasteiger partial charge in [0.2, 0.25) is 5.91 Å². The van der Waals surface area contributed by atoms with Crippen LogP contribution >= 0.6 is 0 Å². The molecular weight excluding hydrogens is 220 g/mol. The van der Waals surface area contributed by atoms with Crippen molar-refractivity contribution in [1.29, 1.82) is 0 Å². The van der Waals surface area contributed by atoms with Crippen molar-refractivity contribution in [2.45, 2.75) is 37.6 Å². The number of carbonyl (C=O) groups excluding carboxylic acids is 1. The van der Waals surface area contributed by atoms with Crippen LogP contribution < -0.4 is 5.32 Å². The maximum absolute atomic E-state index is 11.3. The van der Waals surface area contributed by atoms with Crippen LogP contribution in [-0.4, -0.2) is 40.6 Å². The molecule has 6 nitrogen and oxygen atoms in total. The van der Waals surface area contributed by atoms with Gasteiger partial charge in [-0.15, -0.1) is 0 Å². The minimum atomic E-state index is 0.201. The molecule has 0 aromatic carbocycles. The smallest absolute Gasteiger partial charge is 0.321 e. The Balaban J connectivity index is 1.60. The molecule has 1 saturated heterocycles. The molecule has 3 rings (SSSR count). The molecule has 1 N–H and O–H groups in total. The van der Waals surface area contributed by atoms with E-state index in [1.165, 1.54) is 12.8 Å². The second kappa shape index (κ2) is 4.01. The molecule has 1 aliphatic carbocycles. The fourth-order valence-corrected chi connectivity index (χ4v) is 2.11. The highest BCUT2D eigenvalue weighted by molar-refractivity contribution is 5.76. The molecule has 2 heterocycles. The van der Waals surface area contributed by atoms with Crippen molar-refractivity contribution in [2.24, 2.45) is 0 Å². The fourth-order valence-electron chi connectivity index (χ4n) is 2.11. The summed E-state index contributed by atoms with van der Waals surface area (Å²) in [6.07, 6.45) is 3.74. The molecular formula is C11H16N4O2. The van der Waals surface area contributed by atoms with E-state index in [0.29, 0.717) is 24.9 Å². The zero-order valence-corrected chi connectivity index (χ0v) is 9.85. The molecule has 0 bridgehead atoms. The highest BCUT2D eigenvalue weighted by atomic mass is 16.5. The number of anilines is 1. The molecule has 92 valence electrons. The first-order valence-electron chi connectivity index (χ1n) is 6.06. The molecule has 1 unspecified atom stereocenters. The molecule has 6 heteroatoms. The second-order valence-corrected chi connectivity index (χ2v) is 4.89. The van der Waals surface area contributed by atoms with Gasteiger partial charge in [0.25, 0.3) is 0 Å². The largest absolute Gasteiger partial charge is 0.344 e. The average Bonchev–Trinajstić information content (AvgIpc) is 3.06. The van der Waals surface area contributed by atoms with E-state index < -0.39 is 0 Å². The third-order valence-electron chi connectivity index (χ3n) is 3.34. The summed E-state index contributed by atoms with van der Waals surface area (Å²) >= 11 is 0. The number of nitrogens with zero attached hydrogens (tertiary/aromatic N) is 3. The number of rotatable bonds is 3. The lowest BCUT2D eigenvalue weighted by Gasteiger charge is -2.29. The number of piperidine rings is 1. The number of hydrogen-bond acceptors (Lipinski definition) is 5. The monoisotopic (exact) mass is 236 g/mol. The molecule has 0 spiro atoms. The standard InChI is InChI=1S/C11H16N4O2/c1-15-6-8(4-5-9(15)16)12-11-13-10(14-17-11)7-2-3-7/h7-8H,2-6H2,1H3,(H,12,13,14). The SMILES string of the molecule is CN1CC(Nc2nc(C3CC3)no2)CCC1=O. The summed E-state index contributed by atoms with van der Waals surface area (Å²) in [5, 5.41) is 7.15. The van der Waals surface area contributed by atoms with E-state index in [0.717, 1.165) is 12.2 Å². The Morgan fingerprint density at radius 2 is 2.24 bits per heavy atom. The van der Waals surface area contributed by atoms with Gasteiger partial charge in [0.05, 0.1) is 0 Å². The van der Waals surface area contributed by atoms with Gasteiger partial charge >= 0.3 is 6.01 Å². The number of amides is 1. The van der Waals surface area contributed by atoms with Crippen LogP contribution in [0.15, 0.2) is 4.52 Å². The number of likely N-dealkylation sites (tertiary alicyclic amines) is 1. The van der Waals surface area contributed by atoms with E-state index in [-0.39, 0.29) is 11.9 Å². The Hall–Kier alpha value is -1.59. The van der Waals surface area contributed by atoms with Gasteiger partial charge < -0.3 is 14.7 Å². The summed E-state index contributed by atoms with van der Waals surface area (Å²) in [5.74, 6) is 1.52. The minimum absolute atomic E-state index is 0.201. The summed E-state index contributed by atoms with van der Waals surface area (Å²) in [4.78, 5) is 17.4. The molecule has 17 heavy (non-hydrogen) atoms. The van der Waals surface area contributed by atoms with Crippen molar-refractivity contribution in [2.75, 3.05) is 18.9 Å². The maximum atomic E-state index is 11.3. The molecule has 1 amide bonds. The van der Waals surface area contributed by atoms with Gasteiger partial charge in [-0.2, -0.15) is 4.98 Å². The van der Waals surface area contributed by atoms with Crippen LogP contribution in [0, 0.1) is 0 Å². The van der Waals surface area contributed by atoms with Crippen LogP contribution in [0.5, 0.6) is 0 Å². The van der Waals surface area contributed by atoms with Gasteiger partial charge in [-0.25, -0.2) is 0 Å². The summed E-state index contributed by atoms with van der Waals surface area (Å²) in [6, 6.07) is 0.699. The Kier molecular flexibility index (Phi) is 2.49. The van der Waals surface area contributed by atoms with Crippen molar-refractivity contribution in [3.63, 3.8) is 0 Å². The summed E-state index contributed by atoms with van der Waals surface area (Å²) in [6.45, 7) is 0.694. The number of hydrogen-bond donors (Lipinski definition) is 1. The van der Waals surface area contributed by atoms with E-state index in [4.69, 9.17) is 4.52 Å². The van der Waals surface area contributed by atoms with E-state index in [1.54, 1.807) is 4.90 Å². The van der Waals surface area contributed by atoms with Crippen LogP contribution in [0.3, 0.4) is 0 Å². The van der Waals surface area contributed by atoms with E-state index >= 15 is 0 Å². The van der Waals surface area contributed by atoms with Crippen LogP contribution in [0.2, 0.25) is 0 Å². The molecule has 1 aromatic heterocycles. The molecule has 1 saturated carbocycles. The average molecular weight is 236 g/mol. The first-order chi connectivity index (χ1) is 8.22. The molecule has 1 atom stereocenters. The summed E-state index contributed by atoms with van der Waals surface area (Å²) < 4.78 is 5.16. The lowest BCUT2D eigenvalue weighted by Crippen LogP contribution is -2.43. The highest BCUT2D eigenvalue weighted by Crippen LogP contribution is 2.38. The Morgan fingerprint density at radius 3 is 2.94 bits per heavy atom. The Bertz CT molecular complexity index is 427. The van der Waals surface area contributed by atoms with Crippen LogP contribution in [0.4, 0.5) is 6.01 Å². The number of nitrogens with one attached hydrogen (secondary N) is 1. The third-order valence-corrected chi connectivity index (χ3v) is 3.34. The fraction of sp³-hybridized carbons (Fsp3) is 0.727. The molecule has 0 radical (unpaired) electrons. The van der Waals surface area contributed by atoms with Gasteiger partial charge in [-0.05, 0) is 19.3 Å². The molecule has 2 fully saturated rings. The normalized spacial score (nSPS) is 25.1. The lowest BCUT2D eigenvalue weighted by molar-refractivity contribution is -0.132. The number of aromatic nitrogens is 2. The molecule has 2 aliphatic rings. The van der Waals surface area contributed by atoms with Crippen LogP contribution in [0.25, 0.3) is 0 Å².